The van der Waals surface area contributed by atoms with Crippen LogP contribution < -0.4 is 0 Å². The van der Waals surface area contributed by atoms with Crippen molar-refractivity contribution in [3.8, 4) is 0 Å². The lowest BCUT2D eigenvalue weighted by Gasteiger charge is -2.35. The summed E-state index contributed by atoms with van der Waals surface area (Å²) in [6, 6.07) is 0. The van der Waals surface area contributed by atoms with Gasteiger partial charge in [0.15, 0.2) is 0 Å². The molecule has 1 N–H and O–H groups in total. The van der Waals surface area contributed by atoms with Gasteiger partial charge in [0.25, 0.3) is 0 Å². The monoisotopic (exact) mass is 184 g/mol. The lowest BCUT2D eigenvalue weighted by molar-refractivity contribution is -0.0834. The Morgan fingerprint density at radius 3 is 2.38 bits per heavy atom. The first-order valence-electron chi connectivity index (χ1n) is 5.53. The number of hydrogen-bond donors (Lipinski definition) is 1. The normalized spacial score (nSPS) is 45.7. The standard InChI is InChI=1S/C11H20O2/c1-9-2-5-11(6-3-9)7-4-10(8-12)13-11/h9-10,12H,2-8H2,1H3/t9?,10-,11?/m1/s1. The van der Waals surface area contributed by atoms with Gasteiger partial charge in [0, 0.05) is 0 Å². The zero-order chi connectivity index (χ0) is 9.31. The second-order valence-corrected chi connectivity index (χ2v) is 4.83. The van der Waals surface area contributed by atoms with Crippen molar-refractivity contribution in [1.29, 1.82) is 0 Å². The van der Waals surface area contributed by atoms with Crippen LogP contribution in [0.25, 0.3) is 0 Å². The van der Waals surface area contributed by atoms with E-state index < -0.39 is 0 Å². The first kappa shape index (κ1) is 9.47. The van der Waals surface area contributed by atoms with Crippen LogP contribution in [0.4, 0.5) is 0 Å². The Kier molecular flexibility index (Phi) is 2.61. The Hall–Kier alpha value is -0.0800. The Bertz CT molecular complexity index is 171. The fourth-order valence-corrected chi connectivity index (χ4v) is 2.68. The van der Waals surface area contributed by atoms with Gasteiger partial charge in [-0.2, -0.15) is 0 Å². The summed E-state index contributed by atoms with van der Waals surface area (Å²) in [4.78, 5) is 0. The SMILES string of the molecule is CC1CCC2(CC1)CC[C@H](CO)O2. The van der Waals surface area contributed by atoms with Crippen LogP contribution in [0.2, 0.25) is 0 Å². The van der Waals surface area contributed by atoms with Crippen molar-refractivity contribution in [3.05, 3.63) is 0 Å². The maximum absolute atomic E-state index is 9.01. The fourth-order valence-electron chi connectivity index (χ4n) is 2.68. The van der Waals surface area contributed by atoms with Crippen LogP contribution >= 0.6 is 0 Å². The largest absolute Gasteiger partial charge is 0.394 e. The number of hydrogen-bond acceptors (Lipinski definition) is 2. The topological polar surface area (TPSA) is 29.5 Å². The highest BCUT2D eigenvalue weighted by Crippen LogP contribution is 2.43. The zero-order valence-electron chi connectivity index (χ0n) is 8.46. The minimum atomic E-state index is 0.133. The third kappa shape index (κ3) is 1.89. The van der Waals surface area contributed by atoms with Crippen molar-refractivity contribution in [2.24, 2.45) is 5.92 Å². The van der Waals surface area contributed by atoms with Crippen molar-refractivity contribution in [2.75, 3.05) is 6.61 Å². The van der Waals surface area contributed by atoms with Gasteiger partial charge in [-0.25, -0.2) is 0 Å². The van der Waals surface area contributed by atoms with Crippen molar-refractivity contribution >= 4 is 0 Å². The molecule has 2 fully saturated rings. The molecular formula is C11H20O2. The predicted molar refractivity (Wildman–Crippen MR) is 51.6 cm³/mol. The maximum atomic E-state index is 9.01. The van der Waals surface area contributed by atoms with Crippen LogP contribution in [-0.4, -0.2) is 23.4 Å². The van der Waals surface area contributed by atoms with E-state index in [4.69, 9.17) is 9.84 Å². The molecule has 0 bridgehead atoms. The average molecular weight is 184 g/mol. The van der Waals surface area contributed by atoms with E-state index in [-0.39, 0.29) is 18.3 Å². The quantitative estimate of drug-likeness (QED) is 0.676. The van der Waals surface area contributed by atoms with E-state index in [0.717, 1.165) is 12.3 Å². The molecule has 1 spiro atoms. The molecule has 2 heteroatoms. The highest BCUT2D eigenvalue weighted by atomic mass is 16.5. The van der Waals surface area contributed by atoms with Crippen LogP contribution in [-0.2, 0) is 4.74 Å². The first-order chi connectivity index (χ1) is 6.24. The Balaban J connectivity index is 1.92. The molecule has 13 heavy (non-hydrogen) atoms. The van der Waals surface area contributed by atoms with Crippen molar-refractivity contribution in [3.63, 3.8) is 0 Å². The third-order valence-corrected chi connectivity index (χ3v) is 3.73. The van der Waals surface area contributed by atoms with Gasteiger partial charge in [-0.1, -0.05) is 6.92 Å². The van der Waals surface area contributed by atoms with Crippen LogP contribution in [0.5, 0.6) is 0 Å². The molecule has 0 unspecified atom stereocenters. The van der Waals surface area contributed by atoms with Crippen molar-refractivity contribution in [2.45, 2.75) is 57.2 Å². The Morgan fingerprint density at radius 2 is 1.85 bits per heavy atom. The molecule has 2 nitrogen and oxygen atoms in total. The number of aliphatic hydroxyl groups is 1. The van der Waals surface area contributed by atoms with E-state index in [0.29, 0.717) is 0 Å². The Labute approximate surface area is 80.3 Å². The van der Waals surface area contributed by atoms with E-state index in [2.05, 4.69) is 6.92 Å². The number of ether oxygens (including phenoxy) is 1. The molecule has 76 valence electrons. The van der Waals surface area contributed by atoms with Crippen molar-refractivity contribution < 1.29 is 9.84 Å². The van der Waals surface area contributed by atoms with Crippen LogP contribution in [0.3, 0.4) is 0 Å². The smallest absolute Gasteiger partial charge is 0.0814 e. The van der Waals surface area contributed by atoms with Gasteiger partial charge < -0.3 is 9.84 Å². The molecule has 0 aromatic carbocycles. The van der Waals surface area contributed by atoms with E-state index in [9.17, 15) is 0 Å². The summed E-state index contributed by atoms with van der Waals surface area (Å²) < 4.78 is 5.94. The maximum Gasteiger partial charge on any atom is 0.0814 e. The lowest BCUT2D eigenvalue weighted by Crippen LogP contribution is -2.34. The van der Waals surface area contributed by atoms with Crippen LogP contribution in [0.1, 0.15) is 45.4 Å². The van der Waals surface area contributed by atoms with E-state index >= 15 is 0 Å². The predicted octanol–water partition coefficient (Wildman–Crippen LogP) is 2.11. The average Bonchev–Trinajstić information content (AvgIpc) is 2.55. The summed E-state index contributed by atoms with van der Waals surface area (Å²) in [5.41, 5.74) is 0.167. The highest BCUT2D eigenvalue weighted by molar-refractivity contribution is 4.92. The second kappa shape index (κ2) is 3.58. The molecule has 1 aliphatic carbocycles. The van der Waals surface area contributed by atoms with E-state index in [1.54, 1.807) is 0 Å². The van der Waals surface area contributed by atoms with Crippen LogP contribution in [0.15, 0.2) is 0 Å². The van der Waals surface area contributed by atoms with E-state index in [1.165, 1.54) is 32.1 Å². The summed E-state index contributed by atoms with van der Waals surface area (Å²) in [7, 11) is 0. The van der Waals surface area contributed by atoms with Crippen molar-refractivity contribution in [1.82, 2.24) is 0 Å². The summed E-state index contributed by atoms with van der Waals surface area (Å²) in [6.07, 6.45) is 7.40. The van der Waals surface area contributed by atoms with Crippen LogP contribution in [0, 0.1) is 5.92 Å². The van der Waals surface area contributed by atoms with Gasteiger partial charge in [0.05, 0.1) is 18.3 Å². The minimum Gasteiger partial charge on any atom is -0.394 e. The van der Waals surface area contributed by atoms with Gasteiger partial charge in [0.2, 0.25) is 0 Å². The fraction of sp³-hybridized carbons (Fsp3) is 1.00. The zero-order valence-corrected chi connectivity index (χ0v) is 8.46. The minimum absolute atomic E-state index is 0.133. The number of aliphatic hydroxyl groups excluding tert-OH is 1. The van der Waals surface area contributed by atoms with E-state index in [1.807, 2.05) is 0 Å². The molecule has 2 rings (SSSR count). The summed E-state index contributed by atoms with van der Waals surface area (Å²) in [5, 5.41) is 9.01. The molecule has 1 heterocycles. The molecule has 0 amide bonds. The van der Waals surface area contributed by atoms with Gasteiger partial charge in [0.1, 0.15) is 0 Å². The molecule has 2 aliphatic rings. The third-order valence-electron chi connectivity index (χ3n) is 3.73. The Morgan fingerprint density at radius 1 is 1.23 bits per heavy atom. The summed E-state index contributed by atoms with van der Waals surface area (Å²) in [5.74, 6) is 0.877. The molecule has 1 saturated carbocycles. The molecule has 1 saturated heterocycles. The molecule has 0 aromatic rings. The number of rotatable bonds is 1. The molecule has 1 aliphatic heterocycles. The molecular weight excluding hydrogens is 164 g/mol. The van der Waals surface area contributed by atoms with Gasteiger partial charge in [-0.3, -0.25) is 0 Å². The molecule has 0 aromatic heterocycles. The van der Waals surface area contributed by atoms with Gasteiger partial charge in [-0.05, 0) is 44.4 Å². The molecule has 0 radical (unpaired) electrons. The van der Waals surface area contributed by atoms with Gasteiger partial charge >= 0.3 is 0 Å². The lowest BCUT2D eigenvalue weighted by atomic mass is 9.78. The molecule has 1 atom stereocenters. The second-order valence-electron chi connectivity index (χ2n) is 4.83. The first-order valence-corrected chi connectivity index (χ1v) is 5.53. The summed E-state index contributed by atoms with van der Waals surface area (Å²) >= 11 is 0. The highest BCUT2D eigenvalue weighted by Gasteiger charge is 2.41. The van der Waals surface area contributed by atoms with Gasteiger partial charge in [-0.15, -0.1) is 0 Å². The summed E-state index contributed by atoms with van der Waals surface area (Å²) in [6.45, 7) is 2.53.